The molecule has 4 heterocycles. The van der Waals surface area contributed by atoms with Crippen LogP contribution in [0.3, 0.4) is 0 Å². The van der Waals surface area contributed by atoms with Gasteiger partial charge in [0.25, 0.3) is 0 Å². The molecule has 3 aromatic heterocycles. The molecule has 0 bridgehead atoms. The third kappa shape index (κ3) is 3.50. The van der Waals surface area contributed by atoms with Gasteiger partial charge in [-0.15, -0.1) is 0 Å². The number of anilines is 3. The number of nitrogens with zero attached hydrogens (tertiary/aromatic N) is 7. The van der Waals surface area contributed by atoms with E-state index in [0.29, 0.717) is 22.9 Å². The topological polar surface area (TPSA) is 106 Å². The predicted molar refractivity (Wildman–Crippen MR) is 107 cm³/mol. The van der Waals surface area contributed by atoms with Crippen molar-refractivity contribution in [3.63, 3.8) is 0 Å². The summed E-state index contributed by atoms with van der Waals surface area (Å²) in [7, 11) is 3.67. The van der Waals surface area contributed by atoms with Crippen LogP contribution in [-0.4, -0.2) is 60.5 Å². The summed E-state index contributed by atoms with van der Waals surface area (Å²) < 4.78 is 18.0. The summed E-state index contributed by atoms with van der Waals surface area (Å²) in [6.45, 7) is 5.64. The van der Waals surface area contributed by atoms with Crippen LogP contribution in [0.2, 0.25) is 0 Å². The number of imidazole rings is 1. The monoisotopic (exact) mass is 399 g/mol. The number of rotatable bonds is 5. The quantitative estimate of drug-likeness (QED) is 0.616. The van der Waals surface area contributed by atoms with Gasteiger partial charge in [-0.25, -0.2) is 9.37 Å². The number of hydrogen-bond acceptors (Lipinski definition) is 7. The Kier molecular flexibility index (Phi) is 4.65. The molecule has 2 atom stereocenters. The Labute approximate surface area is 166 Å². The van der Waals surface area contributed by atoms with Gasteiger partial charge in [-0.2, -0.15) is 15.1 Å². The Morgan fingerprint density at radius 3 is 2.83 bits per heavy atom. The summed E-state index contributed by atoms with van der Waals surface area (Å²) in [6.07, 6.45) is 3.40. The van der Waals surface area contributed by atoms with Gasteiger partial charge in [0.15, 0.2) is 17.0 Å². The number of fused-ring (bicyclic) bond motifs is 1. The number of aryl methyl sites for hydroxylation is 3. The molecule has 0 spiro atoms. The van der Waals surface area contributed by atoms with Gasteiger partial charge in [0.1, 0.15) is 6.17 Å². The van der Waals surface area contributed by atoms with E-state index in [9.17, 15) is 9.18 Å². The first kappa shape index (κ1) is 18.8. The first-order chi connectivity index (χ1) is 13.9. The minimum atomic E-state index is -1.23. The number of aromatic nitrogens is 6. The largest absolute Gasteiger partial charge is 0.345 e. The lowest BCUT2D eigenvalue weighted by Crippen LogP contribution is -2.40. The standard InChI is InChI=1S/C18H22FN9O/c1-5-14(29)21-13-8-28(6-11(13)19)18-23-16(15-17(24-18)26(3)9-20-15)22-12-7-27(4)25-10(12)2/h5,7,9,11,13H,1,6,8H2,2-4H3,(H,21,29)(H,22,23,24)/t11-,13+/m0/s1. The summed E-state index contributed by atoms with van der Waals surface area (Å²) >= 11 is 0. The molecule has 152 valence electrons. The van der Waals surface area contributed by atoms with Gasteiger partial charge in [0, 0.05) is 26.8 Å². The molecule has 1 fully saturated rings. The maximum absolute atomic E-state index is 14.5. The molecule has 0 saturated carbocycles. The number of alkyl halides is 1. The van der Waals surface area contributed by atoms with Crippen LogP contribution in [0.15, 0.2) is 25.2 Å². The van der Waals surface area contributed by atoms with Gasteiger partial charge in [-0.1, -0.05) is 6.58 Å². The summed E-state index contributed by atoms with van der Waals surface area (Å²) in [5.74, 6) is 0.468. The van der Waals surface area contributed by atoms with E-state index in [1.54, 1.807) is 20.5 Å². The number of carbonyl (C=O) groups excluding carboxylic acids is 1. The van der Waals surface area contributed by atoms with Crippen molar-refractivity contribution in [3.8, 4) is 0 Å². The second-order valence-electron chi connectivity index (χ2n) is 7.07. The summed E-state index contributed by atoms with van der Waals surface area (Å²) in [6, 6.07) is -0.650. The number of amides is 1. The Balaban J connectivity index is 1.68. The maximum Gasteiger partial charge on any atom is 0.243 e. The zero-order chi connectivity index (χ0) is 20.7. The molecule has 1 amide bonds. The summed E-state index contributed by atoms with van der Waals surface area (Å²) in [4.78, 5) is 26.8. The van der Waals surface area contributed by atoms with Crippen LogP contribution in [0.5, 0.6) is 0 Å². The molecule has 0 unspecified atom stereocenters. The highest BCUT2D eigenvalue weighted by Crippen LogP contribution is 2.28. The van der Waals surface area contributed by atoms with Gasteiger partial charge in [-0.05, 0) is 13.0 Å². The Bertz CT molecular complexity index is 1090. The first-order valence-electron chi connectivity index (χ1n) is 9.14. The van der Waals surface area contributed by atoms with Crippen molar-refractivity contribution in [1.82, 2.24) is 34.6 Å². The minimum absolute atomic E-state index is 0.0802. The summed E-state index contributed by atoms with van der Waals surface area (Å²) in [5.41, 5.74) is 2.83. The maximum atomic E-state index is 14.5. The third-order valence-corrected chi connectivity index (χ3v) is 4.86. The van der Waals surface area contributed by atoms with Crippen LogP contribution in [-0.2, 0) is 18.9 Å². The second-order valence-corrected chi connectivity index (χ2v) is 7.07. The van der Waals surface area contributed by atoms with Crippen molar-refractivity contribution in [2.24, 2.45) is 14.1 Å². The van der Waals surface area contributed by atoms with E-state index in [4.69, 9.17) is 0 Å². The molecular weight excluding hydrogens is 377 g/mol. The lowest BCUT2D eigenvalue weighted by molar-refractivity contribution is -0.117. The fraction of sp³-hybridized carbons (Fsp3) is 0.389. The van der Waals surface area contributed by atoms with Crippen molar-refractivity contribution in [2.45, 2.75) is 19.1 Å². The van der Waals surface area contributed by atoms with Crippen LogP contribution in [0.1, 0.15) is 5.69 Å². The normalized spacial score (nSPS) is 19.0. The van der Waals surface area contributed by atoms with Crippen LogP contribution in [0.4, 0.5) is 21.8 Å². The minimum Gasteiger partial charge on any atom is -0.345 e. The SMILES string of the molecule is C=CC(=O)N[C@@H]1CN(c2nc(Nc3cn(C)nc3C)c3ncn(C)c3n2)C[C@@H]1F. The van der Waals surface area contributed by atoms with E-state index < -0.39 is 18.1 Å². The van der Waals surface area contributed by atoms with E-state index in [2.05, 4.69) is 37.3 Å². The Morgan fingerprint density at radius 1 is 1.34 bits per heavy atom. The molecular formula is C18H22FN9O. The molecule has 10 nitrogen and oxygen atoms in total. The predicted octanol–water partition coefficient (Wildman–Crippen LogP) is 0.978. The highest BCUT2D eigenvalue weighted by Gasteiger charge is 2.35. The molecule has 1 aliphatic rings. The Morgan fingerprint density at radius 2 is 2.14 bits per heavy atom. The number of nitrogens with one attached hydrogen (secondary N) is 2. The first-order valence-corrected chi connectivity index (χ1v) is 9.14. The number of carbonyl (C=O) groups is 1. The number of halogens is 1. The van der Waals surface area contributed by atoms with Gasteiger partial charge in [0.2, 0.25) is 11.9 Å². The lowest BCUT2D eigenvalue weighted by atomic mass is 10.2. The lowest BCUT2D eigenvalue weighted by Gasteiger charge is -2.17. The van der Waals surface area contributed by atoms with Crippen LogP contribution in [0, 0.1) is 6.92 Å². The molecule has 11 heteroatoms. The highest BCUT2D eigenvalue weighted by molar-refractivity contribution is 5.88. The summed E-state index contributed by atoms with van der Waals surface area (Å²) in [5, 5.41) is 10.2. The van der Waals surface area contributed by atoms with Crippen molar-refractivity contribution in [2.75, 3.05) is 23.3 Å². The van der Waals surface area contributed by atoms with Crippen molar-refractivity contribution >= 4 is 34.5 Å². The Hall–Kier alpha value is -3.50. The molecule has 3 aromatic rings. The molecule has 2 N–H and O–H groups in total. The average Bonchev–Trinajstić information content (AvgIpc) is 3.33. The van der Waals surface area contributed by atoms with Crippen molar-refractivity contribution in [3.05, 3.63) is 30.9 Å². The van der Waals surface area contributed by atoms with Crippen molar-refractivity contribution < 1.29 is 9.18 Å². The molecule has 0 aliphatic carbocycles. The molecule has 1 aliphatic heterocycles. The number of hydrogen-bond donors (Lipinski definition) is 2. The zero-order valence-electron chi connectivity index (χ0n) is 16.4. The van der Waals surface area contributed by atoms with E-state index >= 15 is 0 Å². The van der Waals surface area contributed by atoms with Gasteiger partial charge < -0.3 is 20.1 Å². The molecule has 0 radical (unpaired) electrons. The van der Waals surface area contributed by atoms with E-state index in [1.807, 2.05) is 27.2 Å². The van der Waals surface area contributed by atoms with Gasteiger partial charge in [-0.3, -0.25) is 9.48 Å². The third-order valence-electron chi connectivity index (χ3n) is 4.86. The van der Waals surface area contributed by atoms with Crippen molar-refractivity contribution in [1.29, 1.82) is 0 Å². The van der Waals surface area contributed by atoms with Crippen LogP contribution >= 0.6 is 0 Å². The van der Waals surface area contributed by atoms with E-state index in [1.165, 1.54) is 0 Å². The van der Waals surface area contributed by atoms with E-state index in [0.717, 1.165) is 17.5 Å². The highest BCUT2D eigenvalue weighted by atomic mass is 19.1. The average molecular weight is 399 g/mol. The second kappa shape index (κ2) is 7.15. The molecule has 0 aromatic carbocycles. The molecule has 1 saturated heterocycles. The zero-order valence-corrected chi connectivity index (χ0v) is 16.4. The van der Waals surface area contributed by atoms with E-state index in [-0.39, 0.29) is 13.1 Å². The fourth-order valence-electron chi connectivity index (χ4n) is 3.38. The fourth-order valence-corrected chi connectivity index (χ4v) is 3.38. The van der Waals surface area contributed by atoms with Gasteiger partial charge in [0.05, 0.1) is 30.3 Å². The van der Waals surface area contributed by atoms with Crippen LogP contribution < -0.4 is 15.5 Å². The molecule has 29 heavy (non-hydrogen) atoms. The van der Waals surface area contributed by atoms with Gasteiger partial charge >= 0.3 is 0 Å². The smallest absolute Gasteiger partial charge is 0.243 e. The van der Waals surface area contributed by atoms with Crippen LogP contribution in [0.25, 0.3) is 11.2 Å². The molecule has 4 rings (SSSR count).